The smallest absolute Gasteiger partial charge is 0.414 e. The summed E-state index contributed by atoms with van der Waals surface area (Å²) in [6.45, 7) is 0.784. The van der Waals surface area contributed by atoms with Crippen LogP contribution in [0, 0.1) is 11.3 Å². The predicted molar refractivity (Wildman–Crippen MR) is 106 cm³/mol. The first-order valence-corrected chi connectivity index (χ1v) is 8.86. The molecule has 1 saturated heterocycles. The summed E-state index contributed by atoms with van der Waals surface area (Å²) in [6, 6.07) is 14.4. The highest BCUT2D eigenvalue weighted by atomic mass is 35.5. The number of rotatable bonds is 4. The van der Waals surface area contributed by atoms with Gasteiger partial charge in [0.05, 0.1) is 36.5 Å². The van der Waals surface area contributed by atoms with Crippen molar-refractivity contribution in [1.29, 1.82) is 5.26 Å². The number of cyclic esters (lactones) is 1. The number of fused-ring (bicyclic) bond motifs is 1. The number of aromatic nitrogens is 1. The summed E-state index contributed by atoms with van der Waals surface area (Å²) in [5.74, 6) is 1.06. The lowest BCUT2D eigenvalue weighted by Gasteiger charge is -2.18. The van der Waals surface area contributed by atoms with E-state index in [1.165, 1.54) is 4.90 Å². The number of amides is 1. The van der Waals surface area contributed by atoms with Crippen molar-refractivity contribution in [3.8, 4) is 11.8 Å². The van der Waals surface area contributed by atoms with Crippen molar-refractivity contribution in [3.63, 3.8) is 0 Å². The maximum Gasteiger partial charge on any atom is 0.414 e. The molecule has 2 heterocycles. The number of hydrogen-bond acceptors (Lipinski definition) is 6. The van der Waals surface area contributed by atoms with Crippen LogP contribution < -0.4 is 15.0 Å². The van der Waals surface area contributed by atoms with Crippen LogP contribution in [0.3, 0.4) is 0 Å². The topological polar surface area (TPSA) is 87.5 Å². The molecule has 0 atom stereocenters. The van der Waals surface area contributed by atoms with Crippen molar-refractivity contribution < 1.29 is 14.3 Å². The number of carbonyl (C=O) groups excluding carboxylic acids is 1. The molecule has 0 bridgehead atoms. The Morgan fingerprint density at radius 2 is 2.14 bits per heavy atom. The van der Waals surface area contributed by atoms with Gasteiger partial charge in [-0.15, -0.1) is 0 Å². The first-order valence-electron chi connectivity index (χ1n) is 8.49. The van der Waals surface area contributed by atoms with E-state index in [2.05, 4.69) is 16.4 Å². The van der Waals surface area contributed by atoms with Crippen molar-refractivity contribution in [2.45, 2.75) is 0 Å². The lowest BCUT2D eigenvalue weighted by molar-refractivity contribution is 0.181. The molecule has 0 spiro atoms. The Morgan fingerprint density at radius 1 is 1.29 bits per heavy atom. The third-order valence-corrected chi connectivity index (χ3v) is 4.63. The number of methoxy groups -OCH3 is 1. The van der Waals surface area contributed by atoms with E-state index in [-0.39, 0.29) is 0 Å². The number of anilines is 3. The van der Waals surface area contributed by atoms with Gasteiger partial charge in [-0.1, -0.05) is 11.6 Å². The molecule has 0 saturated carbocycles. The molecule has 1 N–H and O–H groups in total. The number of hydrogen-bond donors (Lipinski definition) is 1. The molecule has 4 rings (SSSR count). The number of halogens is 1. The lowest BCUT2D eigenvalue weighted by atomic mass is 10.1. The van der Waals surface area contributed by atoms with Crippen LogP contribution >= 0.6 is 11.6 Å². The molecule has 8 heteroatoms. The highest BCUT2D eigenvalue weighted by Crippen LogP contribution is 2.34. The molecule has 3 aromatic rings. The molecular weight excluding hydrogens is 380 g/mol. The summed E-state index contributed by atoms with van der Waals surface area (Å²) in [5.41, 5.74) is 2.41. The number of benzene rings is 2. The average molecular weight is 395 g/mol. The highest BCUT2D eigenvalue weighted by Gasteiger charge is 2.26. The standard InChI is InChI=1S/C20H15ClN4O3/c1-27-18-5-3-14(10-17(18)25-6-7-28-20(25)26)23-19-8-12(11-22)15-9-13(21)2-4-16(15)24-19/h2-5,8-10H,6-7H2,1H3,(H,23,24). The quantitative estimate of drug-likeness (QED) is 0.702. The van der Waals surface area contributed by atoms with Crippen molar-refractivity contribution in [1.82, 2.24) is 4.98 Å². The Kier molecular flexibility index (Phi) is 4.63. The van der Waals surface area contributed by atoms with Crippen LogP contribution in [0.5, 0.6) is 5.75 Å². The van der Waals surface area contributed by atoms with Crippen LogP contribution in [0.4, 0.5) is 22.0 Å². The van der Waals surface area contributed by atoms with Gasteiger partial charge in [-0.25, -0.2) is 9.78 Å². The van der Waals surface area contributed by atoms with Crippen molar-refractivity contribution in [2.24, 2.45) is 0 Å². The molecular formula is C20H15ClN4O3. The average Bonchev–Trinajstić information content (AvgIpc) is 3.13. The van der Waals surface area contributed by atoms with Gasteiger partial charge in [0.25, 0.3) is 0 Å². The summed E-state index contributed by atoms with van der Waals surface area (Å²) in [6.07, 6.45) is -0.414. The normalized spacial score (nSPS) is 13.3. The number of carbonyl (C=O) groups is 1. The van der Waals surface area contributed by atoms with Gasteiger partial charge in [0.2, 0.25) is 0 Å². The van der Waals surface area contributed by atoms with E-state index in [9.17, 15) is 10.1 Å². The molecule has 7 nitrogen and oxygen atoms in total. The van der Waals surface area contributed by atoms with Gasteiger partial charge in [0.15, 0.2) is 0 Å². The molecule has 1 fully saturated rings. The first kappa shape index (κ1) is 17.9. The Hall–Kier alpha value is -3.50. The zero-order chi connectivity index (χ0) is 19.7. The van der Waals surface area contributed by atoms with Crippen LogP contribution in [0.2, 0.25) is 5.02 Å². The van der Waals surface area contributed by atoms with Crippen LogP contribution in [0.15, 0.2) is 42.5 Å². The Bertz CT molecular complexity index is 1130. The van der Waals surface area contributed by atoms with E-state index in [1.807, 2.05) is 6.07 Å². The summed E-state index contributed by atoms with van der Waals surface area (Å²) < 4.78 is 10.4. The lowest BCUT2D eigenvalue weighted by Crippen LogP contribution is -2.23. The summed E-state index contributed by atoms with van der Waals surface area (Å²) in [4.78, 5) is 18.0. The maximum atomic E-state index is 11.9. The number of nitrogens with zero attached hydrogens (tertiary/aromatic N) is 3. The molecule has 1 amide bonds. The van der Waals surface area contributed by atoms with Crippen LogP contribution in [0.1, 0.15) is 5.56 Å². The fourth-order valence-corrected chi connectivity index (χ4v) is 3.27. The molecule has 1 aliphatic heterocycles. The van der Waals surface area contributed by atoms with Crippen LogP contribution in [-0.2, 0) is 4.74 Å². The fourth-order valence-electron chi connectivity index (χ4n) is 3.09. The predicted octanol–water partition coefficient (Wildman–Crippen LogP) is 4.47. The second-order valence-electron chi connectivity index (χ2n) is 6.11. The van der Waals surface area contributed by atoms with Gasteiger partial charge in [0, 0.05) is 16.1 Å². The zero-order valence-electron chi connectivity index (χ0n) is 14.9. The first-order chi connectivity index (χ1) is 13.6. The minimum Gasteiger partial charge on any atom is -0.495 e. The van der Waals surface area contributed by atoms with Crippen molar-refractivity contribution >= 4 is 45.8 Å². The van der Waals surface area contributed by atoms with E-state index < -0.39 is 6.09 Å². The van der Waals surface area contributed by atoms with Crippen molar-refractivity contribution in [2.75, 3.05) is 30.5 Å². The van der Waals surface area contributed by atoms with Gasteiger partial charge in [-0.05, 0) is 42.5 Å². The molecule has 0 aliphatic carbocycles. The van der Waals surface area contributed by atoms with Gasteiger partial charge in [0.1, 0.15) is 18.2 Å². The van der Waals surface area contributed by atoms with Gasteiger partial charge in [-0.3, -0.25) is 4.90 Å². The van der Waals surface area contributed by atoms with E-state index >= 15 is 0 Å². The Balaban J connectivity index is 1.72. The largest absolute Gasteiger partial charge is 0.495 e. The van der Waals surface area contributed by atoms with E-state index in [1.54, 1.807) is 43.5 Å². The van der Waals surface area contributed by atoms with E-state index in [4.69, 9.17) is 21.1 Å². The Morgan fingerprint density at radius 3 is 2.86 bits per heavy atom. The molecule has 140 valence electrons. The minimum absolute atomic E-state index is 0.333. The minimum atomic E-state index is -0.414. The molecule has 28 heavy (non-hydrogen) atoms. The SMILES string of the molecule is COc1ccc(Nc2cc(C#N)c3cc(Cl)ccc3n2)cc1N1CCOC1=O. The summed E-state index contributed by atoms with van der Waals surface area (Å²) >= 11 is 6.03. The number of nitrogens with one attached hydrogen (secondary N) is 1. The number of ether oxygens (including phenoxy) is 2. The summed E-state index contributed by atoms with van der Waals surface area (Å²) in [5, 5.41) is 13.9. The van der Waals surface area contributed by atoms with Crippen LogP contribution in [0.25, 0.3) is 10.9 Å². The third-order valence-electron chi connectivity index (χ3n) is 4.39. The third kappa shape index (κ3) is 3.26. The number of nitriles is 1. The fraction of sp³-hybridized carbons (Fsp3) is 0.150. The molecule has 0 radical (unpaired) electrons. The zero-order valence-corrected chi connectivity index (χ0v) is 15.7. The molecule has 1 aromatic heterocycles. The number of pyridine rings is 1. The second kappa shape index (κ2) is 7.25. The van der Waals surface area contributed by atoms with E-state index in [0.29, 0.717) is 57.6 Å². The van der Waals surface area contributed by atoms with Gasteiger partial charge in [-0.2, -0.15) is 5.26 Å². The van der Waals surface area contributed by atoms with Gasteiger partial charge < -0.3 is 14.8 Å². The second-order valence-corrected chi connectivity index (χ2v) is 6.54. The Labute approximate surface area is 166 Å². The van der Waals surface area contributed by atoms with Gasteiger partial charge >= 0.3 is 6.09 Å². The van der Waals surface area contributed by atoms with Crippen molar-refractivity contribution in [3.05, 3.63) is 53.1 Å². The highest BCUT2D eigenvalue weighted by molar-refractivity contribution is 6.31. The molecule has 1 aliphatic rings. The molecule has 0 unspecified atom stereocenters. The van der Waals surface area contributed by atoms with Crippen LogP contribution in [-0.4, -0.2) is 31.3 Å². The monoisotopic (exact) mass is 394 g/mol. The molecule has 2 aromatic carbocycles. The summed E-state index contributed by atoms with van der Waals surface area (Å²) in [7, 11) is 1.54. The van der Waals surface area contributed by atoms with E-state index in [0.717, 1.165) is 0 Å². The maximum absolute atomic E-state index is 11.9.